The number of aromatic nitrogens is 6. The second-order valence-electron chi connectivity index (χ2n) is 8.12. The van der Waals surface area contributed by atoms with E-state index in [1.807, 2.05) is 13.8 Å². The number of carbonyl (C=O) groups is 1. The van der Waals surface area contributed by atoms with Gasteiger partial charge in [0.1, 0.15) is 11.8 Å². The fourth-order valence-electron chi connectivity index (χ4n) is 3.82. The molecule has 1 saturated heterocycles. The van der Waals surface area contributed by atoms with Crippen molar-refractivity contribution in [2.24, 2.45) is 7.05 Å². The van der Waals surface area contributed by atoms with Gasteiger partial charge in [0.15, 0.2) is 23.0 Å². The van der Waals surface area contributed by atoms with Gasteiger partial charge in [0.05, 0.1) is 13.1 Å². The first-order valence-electron chi connectivity index (χ1n) is 10.5. The van der Waals surface area contributed by atoms with Crippen LogP contribution in [0.1, 0.15) is 50.0 Å². The van der Waals surface area contributed by atoms with Gasteiger partial charge in [0.25, 0.3) is 0 Å². The minimum Gasteiger partial charge on any atom is -0.465 e. The maximum Gasteiger partial charge on any atom is 0.407 e. The number of amides is 1. The highest BCUT2D eigenvalue weighted by Gasteiger charge is 2.30. The summed E-state index contributed by atoms with van der Waals surface area (Å²) < 4.78 is 22.4. The molecule has 3 aromatic rings. The van der Waals surface area contributed by atoms with Crippen molar-refractivity contribution in [3.63, 3.8) is 0 Å². The van der Waals surface area contributed by atoms with E-state index in [0.29, 0.717) is 37.2 Å². The van der Waals surface area contributed by atoms with Crippen LogP contribution in [0.15, 0.2) is 18.2 Å². The lowest BCUT2D eigenvalue weighted by molar-refractivity contribution is 0.123. The average molecular weight is 454 g/mol. The second-order valence-corrected chi connectivity index (χ2v) is 8.12. The normalized spacial score (nSPS) is 14.5. The van der Waals surface area contributed by atoms with Crippen LogP contribution in [0.4, 0.5) is 9.18 Å². The molecule has 11 nitrogen and oxygen atoms in total. The number of nitriles is 1. The lowest BCUT2D eigenvalue weighted by atomic mass is 10.1. The second kappa shape index (κ2) is 8.85. The van der Waals surface area contributed by atoms with E-state index in [2.05, 4.69) is 26.6 Å². The predicted molar refractivity (Wildman–Crippen MR) is 113 cm³/mol. The van der Waals surface area contributed by atoms with Gasteiger partial charge in [-0.3, -0.25) is 0 Å². The van der Waals surface area contributed by atoms with Gasteiger partial charge in [-0.15, -0.1) is 10.2 Å². The molecular weight excluding hydrogens is 431 g/mol. The third-order valence-corrected chi connectivity index (χ3v) is 5.54. The van der Waals surface area contributed by atoms with Crippen LogP contribution in [0.25, 0.3) is 11.4 Å². The number of rotatable bonds is 5. The topological polar surface area (TPSA) is 135 Å². The number of piperidine rings is 1. The number of ether oxygens (including phenoxy) is 1. The Morgan fingerprint density at radius 2 is 2.03 bits per heavy atom. The average Bonchev–Trinajstić information content (AvgIpc) is 3.38. The first kappa shape index (κ1) is 22.2. The van der Waals surface area contributed by atoms with E-state index in [4.69, 9.17) is 4.74 Å². The van der Waals surface area contributed by atoms with Crippen molar-refractivity contribution in [2.45, 2.75) is 38.6 Å². The van der Waals surface area contributed by atoms with Crippen molar-refractivity contribution in [3.8, 4) is 29.0 Å². The van der Waals surface area contributed by atoms with E-state index in [9.17, 15) is 19.6 Å². The molecule has 2 aromatic heterocycles. The first-order valence-corrected chi connectivity index (χ1v) is 10.5. The van der Waals surface area contributed by atoms with Crippen LogP contribution in [0, 0.1) is 17.1 Å². The zero-order valence-corrected chi connectivity index (χ0v) is 18.4. The fraction of sp³-hybridized carbons (Fsp3) is 0.429. The fourth-order valence-corrected chi connectivity index (χ4v) is 3.82. The number of aryl methyl sites for hydroxylation is 1. The smallest absolute Gasteiger partial charge is 0.407 e. The molecule has 3 heterocycles. The zero-order chi connectivity index (χ0) is 23.7. The van der Waals surface area contributed by atoms with Crippen molar-refractivity contribution in [3.05, 3.63) is 35.4 Å². The summed E-state index contributed by atoms with van der Waals surface area (Å²) in [6.07, 6.45) is 0.0821. The van der Waals surface area contributed by atoms with Gasteiger partial charge < -0.3 is 14.7 Å². The van der Waals surface area contributed by atoms with E-state index in [-0.39, 0.29) is 35.0 Å². The maximum atomic E-state index is 14.9. The molecule has 12 heteroatoms. The summed E-state index contributed by atoms with van der Waals surface area (Å²) in [6.45, 7) is 4.52. The number of benzene rings is 1. The van der Waals surface area contributed by atoms with E-state index < -0.39 is 11.9 Å². The lowest BCUT2D eigenvalue weighted by Crippen LogP contribution is -2.38. The van der Waals surface area contributed by atoms with E-state index in [1.165, 1.54) is 21.8 Å². The van der Waals surface area contributed by atoms with Gasteiger partial charge in [-0.05, 0) is 36.3 Å². The summed E-state index contributed by atoms with van der Waals surface area (Å²) in [4.78, 5) is 13.8. The number of tetrazole rings is 1. The summed E-state index contributed by atoms with van der Waals surface area (Å²) in [7, 11) is 1.62. The molecule has 0 spiro atoms. The van der Waals surface area contributed by atoms with Crippen LogP contribution >= 0.6 is 0 Å². The first-order chi connectivity index (χ1) is 15.8. The molecule has 1 amide bonds. The molecule has 1 N–H and O–H groups in total. The quantitative estimate of drug-likeness (QED) is 0.620. The van der Waals surface area contributed by atoms with Crippen molar-refractivity contribution < 1.29 is 19.0 Å². The largest absolute Gasteiger partial charge is 0.465 e. The molecule has 1 aliphatic rings. The minimum atomic E-state index is -0.961. The number of nitrogens with zero attached hydrogens (tertiary/aromatic N) is 8. The van der Waals surface area contributed by atoms with Crippen LogP contribution in [-0.2, 0) is 7.05 Å². The number of hydrogen-bond donors (Lipinski definition) is 1. The maximum absolute atomic E-state index is 14.9. The molecule has 0 bridgehead atoms. The highest BCUT2D eigenvalue weighted by atomic mass is 19.1. The van der Waals surface area contributed by atoms with Crippen LogP contribution < -0.4 is 4.74 Å². The molecule has 0 unspecified atom stereocenters. The van der Waals surface area contributed by atoms with Gasteiger partial charge in [0, 0.05) is 24.6 Å². The Balaban J connectivity index is 1.65. The molecule has 1 aliphatic heterocycles. The number of hydrogen-bond acceptors (Lipinski definition) is 7. The van der Waals surface area contributed by atoms with Gasteiger partial charge >= 0.3 is 6.09 Å². The van der Waals surface area contributed by atoms with Crippen LogP contribution in [-0.4, -0.2) is 59.2 Å². The third kappa shape index (κ3) is 4.34. The highest BCUT2D eigenvalue weighted by molar-refractivity contribution is 5.65. The van der Waals surface area contributed by atoms with Crippen molar-refractivity contribution in [1.29, 1.82) is 5.26 Å². The predicted octanol–water partition coefficient (Wildman–Crippen LogP) is 3.31. The SMILES string of the molecule is CC(C)c1nn(C2CCN(C(=O)O)CC2)c(C#N)c1Oc1ccc(-c2nnn(C)n2)cc1F. The minimum absolute atomic E-state index is 0.0544. The van der Waals surface area contributed by atoms with E-state index in [0.717, 1.165) is 0 Å². The Morgan fingerprint density at radius 3 is 2.58 bits per heavy atom. The van der Waals surface area contributed by atoms with Crippen molar-refractivity contribution >= 4 is 6.09 Å². The standard InChI is InChI=1S/C21H23FN8O3/c1-12(2)18-19(16(11-23)30(25-18)14-6-8-29(9-7-14)21(31)32)33-17-5-4-13(10-15(17)22)20-24-27-28(3)26-20/h4-5,10,12,14H,6-9H2,1-3H3,(H,31,32). The Kier molecular flexibility index (Phi) is 5.95. The van der Waals surface area contributed by atoms with Gasteiger partial charge in [-0.25, -0.2) is 13.9 Å². The molecular formula is C21H23FN8O3. The number of likely N-dealkylation sites (tertiary alicyclic amines) is 1. The summed E-state index contributed by atoms with van der Waals surface area (Å²) in [5, 5.41) is 35.4. The Labute approximate surface area is 189 Å². The Bertz CT molecular complexity index is 1220. The molecule has 0 radical (unpaired) electrons. The summed E-state index contributed by atoms with van der Waals surface area (Å²) in [5.74, 6) is -0.289. The van der Waals surface area contributed by atoms with Crippen molar-refractivity contribution in [2.75, 3.05) is 13.1 Å². The van der Waals surface area contributed by atoms with Gasteiger partial charge in [0.2, 0.25) is 5.82 Å². The molecule has 0 aliphatic carbocycles. The van der Waals surface area contributed by atoms with Crippen LogP contribution in [0.5, 0.6) is 11.5 Å². The van der Waals surface area contributed by atoms with Crippen molar-refractivity contribution in [1.82, 2.24) is 34.9 Å². The zero-order valence-electron chi connectivity index (χ0n) is 18.4. The van der Waals surface area contributed by atoms with Crippen LogP contribution in [0.3, 0.4) is 0 Å². The lowest BCUT2D eigenvalue weighted by Gasteiger charge is -2.30. The summed E-state index contributed by atoms with van der Waals surface area (Å²) >= 11 is 0. The molecule has 4 rings (SSSR count). The van der Waals surface area contributed by atoms with Crippen LogP contribution in [0.2, 0.25) is 0 Å². The number of halogens is 1. The monoisotopic (exact) mass is 454 g/mol. The Morgan fingerprint density at radius 1 is 1.30 bits per heavy atom. The molecule has 0 saturated carbocycles. The molecule has 1 aromatic carbocycles. The number of carboxylic acid groups (broad SMARTS) is 1. The highest BCUT2D eigenvalue weighted by Crippen LogP contribution is 2.37. The summed E-state index contributed by atoms with van der Waals surface area (Å²) in [6, 6.07) is 6.31. The molecule has 33 heavy (non-hydrogen) atoms. The van der Waals surface area contributed by atoms with Gasteiger partial charge in [-0.1, -0.05) is 13.8 Å². The molecule has 172 valence electrons. The van der Waals surface area contributed by atoms with Gasteiger partial charge in [-0.2, -0.15) is 15.2 Å². The van der Waals surface area contributed by atoms with E-state index in [1.54, 1.807) is 17.8 Å². The third-order valence-electron chi connectivity index (χ3n) is 5.54. The molecule has 0 atom stereocenters. The summed E-state index contributed by atoms with van der Waals surface area (Å²) in [5.41, 5.74) is 1.16. The molecule has 1 fully saturated rings. The van der Waals surface area contributed by atoms with E-state index >= 15 is 0 Å². The Hall–Kier alpha value is -4.01.